The number of rotatable bonds is 6. The number of nitrogens with one attached hydrogen (secondary N) is 1. The second kappa shape index (κ2) is 11.4. The van der Waals surface area contributed by atoms with Gasteiger partial charge in [-0.15, -0.1) is 12.4 Å². The summed E-state index contributed by atoms with van der Waals surface area (Å²) in [6.45, 7) is 1.39. The minimum atomic E-state index is -0.306. The van der Waals surface area contributed by atoms with E-state index in [2.05, 4.69) is 10.2 Å². The first-order valence-corrected chi connectivity index (χ1v) is 11.4. The van der Waals surface area contributed by atoms with E-state index < -0.39 is 0 Å². The first-order chi connectivity index (χ1) is 15.4. The first kappa shape index (κ1) is 25.5. The number of benzene rings is 3. The van der Waals surface area contributed by atoms with Crippen molar-refractivity contribution in [2.24, 2.45) is 0 Å². The van der Waals surface area contributed by atoms with Gasteiger partial charge >= 0.3 is 0 Å². The van der Waals surface area contributed by atoms with E-state index in [9.17, 15) is 9.59 Å². The van der Waals surface area contributed by atoms with Crippen molar-refractivity contribution in [3.05, 3.63) is 98.5 Å². The Morgan fingerprint density at radius 2 is 1.70 bits per heavy atom. The van der Waals surface area contributed by atoms with Crippen LogP contribution < -0.4 is 5.32 Å². The maximum absolute atomic E-state index is 13.2. The Labute approximate surface area is 214 Å². The Morgan fingerprint density at radius 3 is 2.42 bits per heavy atom. The van der Waals surface area contributed by atoms with E-state index in [1.807, 2.05) is 18.2 Å². The average Bonchev–Trinajstić information content (AvgIpc) is 3.26. The lowest BCUT2D eigenvalue weighted by atomic mass is 10.0. The summed E-state index contributed by atoms with van der Waals surface area (Å²) in [5.74, 6) is -0.338. The molecule has 8 heteroatoms. The van der Waals surface area contributed by atoms with Crippen LogP contribution in [0.4, 0.5) is 5.69 Å². The van der Waals surface area contributed by atoms with Gasteiger partial charge in [0.15, 0.2) is 5.78 Å². The van der Waals surface area contributed by atoms with E-state index in [1.165, 1.54) is 0 Å². The molecule has 3 aromatic rings. The molecule has 3 aromatic carbocycles. The molecule has 0 unspecified atom stereocenters. The molecular formula is C25H22Cl4N2O2. The van der Waals surface area contributed by atoms with Crippen LogP contribution >= 0.6 is 47.2 Å². The zero-order valence-corrected chi connectivity index (χ0v) is 20.6. The summed E-state index contributed by atoms with van der Waals surface area (Å²) in [7, 11) is 0. The van der Waals surface area contributed by atoms with Gasteiger partial charge in [0.05, 0.1) is 21.8 Å². The molecule has 1 saturated heterocycles. The fourth-order valence-corrected chi connectivity index (χ4v) is 4.45. The molecule has 1 N–H and O–H groups in total. The van der Waals surface area contributed by atoms with E-state index in [0.29, 0.717) is 38.4 Å². The van der Waals surface area contributed by atoms with Crippen LogP contribution in [0.15, 0.2) is 66.7 Å². The lowest BCUT2D eigenvalue weighted by Crippen LogP contribution is -2.39. The van der Waals surface area contributed by atoms with Gasteiger partial charge in [0.2, 0.25) is 5.91 Å². The zero-order valence-electron chi connectivity index (χ0n) is 17.6. The van der Waals surface area contributed by atoms with Crippen molar-refractivity contribution >= 4 is 64.6 Å². The average molecular weight is 524 g/mol. The quantitative estimate of drug-likeness (QED) is 0.357. The van der Waals surface area contributed by atoms with Crippen LogP contribution in [0.1, 0.15) is 34.3 Å². The van der Waals surface area contributed by atoms with Crippen molar-refractivity contribution in [3.8, 4) is 0 Å². The summed E-state index contributed by atoms with van der Waals surface area (Å²) in [5.41, 5.74) is 2.35. The Kier molecular flexibility index (Phi) is 8.80. The molecule has 4 nitrogen and oxygen atoms in total. The molecule has 172 valence electrons. The van der Waals surface area contributed by atoms with Crippen LogP contribution in [0, 0.1) is 0 Å². The van der Waals surface area contributed by atoms with E-state index in [0.717, 1.165) is 24.9 Å². The van der Waals surface area contributed by atoms with Crippen LogP contribution in [-0.2, 0) is 11.3 Å². The van der Waals surface area contributed by atoms with E-state index in [4.69, 9.17) is 34.8 Å². The Hall–Kier alpha value is -2.08. The summed E-state index contributed by atoms with van der Waals surface area (Å²) in [6, 6.07) is 19.1. The molecule has 0 aliphatic carbocycles. The Morgan fingerprint density at radius 1 is 0.939 bits per heavy atom. The van der Waals surface area contributed by atoms with Gasteiger partial charge in [-0.1, -0.05) is 71.2 Å². The van der Waals surface area contributed by atoms with Crippen molar-refractivity contribution in [1.82, 2.24) is 4.90 Å². The Balaban J connectivity index is 0.00000306. The van der Waals surface area contributed by atoms with Gasteiger partial charge in [0.25, 0.3) is 0 Å². The second-order valence-corrected chi connectivity index (χ2v) is 9.00. The molecule has 33 heavy (non-hydrogen) atoms. The number of hydrogen-bond donors (Lipinski definition) is 1. The third-order valence-electron chi connectivity index (χ3n) is 5.56. The molecule has 0 saturated carbocycles. The minimum absolute atomic E-state index is 0. The summed E-state index contributed by atoms with van der Waals surface area (Å²) in [5, 5.41) is 4.39. The SMILES string of the molecule is Cl.O=C(c1ccccc1)c1cc(Cl)ccc1NC(=O)[C@@H]1CCCN1Cc1ccc(Cl)c(Cl)c1. The van der Waals surface area contributed by atoms with E-state index in [-0.39, 0.29) is 30.1 Å². The van der Waals surface area contributed by atoms with Gasteiger partial charge in [-0.25, -0.2) is 0 Å². The number of halogens is 4. The molecule has 1 aliphatic heterocycles. The number of carbonyl (C=O) groups is 2. The lowest BCUT2D eigenvalue weighted by Gasteiger charge is -2.24. The molecule has 1 heterocycles. The molecule has 1 aliphatic rings. The minimum Gasteiger partial charge on any atom is -0.324 e. The highest BCUT2D eigenvalue weighted by Gasteiger charge is 2.31. The number of hydrogen-bond acceptors (Lipinski definition) is 3. The third-order valence-corrected chi connectivity index (χ3v) is 6.53. The fraction of sp³-hybridized carbons (Fsp3) is 0.200. The third kappa shape index (κ3) is 6.08. The first-order valence-electron chi connectivity index (χ1n) is 10.3. The Bertz CT molecular complexity index is 1150. The van der Waals surface area contributed by atoms with Crippen molar-refractivity contribution < 1.29 is 9.59 Å². The molecule has 0 bridgehead atoms. The maximum Gasteiger partial charge on any atom is 0.241 e. The van der Waals surface area contributed by atoms with E-state index >= 15 is 0 Å². The summed E-state index contributed by atoms with van der Waals surface area (Å²) in [6.07, 6.45) is 1.65. The van der Waals surface area contributed by atoms with Gasteiger partial charge in [-0.3, -0.25) is 14.5 Å². The molecular weight excluding hydrogens is 502 g/mol. The van der Waals surface area contributed by atoms with Crippen LogP contribution in [0.3, 0.4) is 0 Å². The van der Waals surface area contributed by atoms with Crippen LogP contribution in [0.25, 0.3) is 0 Å². The predicted octanol–water partition coefficient (Wildman–Crippen LogP) is 6.90. The number of ketones is 1. The molecule has 1 amide bonds. The molecule has 1 atom stereocenters. The van der Waals surface area contributed by atoms with Crippen molar-refractivity contribution in [2.45, 2.75) is 25.4 Å². The van der Waals surface area contributed by atoms with Crippen LogP contribution in [0.2, 0.25) is 15.1 Å². The number of carbonyl (C=O) groups excluding carboxylic acids is 2. The lowest BCUT2D eigenvalue weighted by molar-refractivity contribution is -0.120. The maximum atomic E-state index is 13.2. The zero-order chi connectivity index (χ0) is 22.7. The molecule has 0 spiro atoms. The topological polar surface area (TPSA) is 49.4 Å². The monoisotopic (exact) mass is 522 g/mol. The van der Waals surface area contributed by atoms with Gasteiger partial charge in [-0.05, 0) is 55.3 Å². The van der Waals surface area contributed by atoms with Crippen molar-refractivity contribution in [1.29, 1.82) is 0 Å². The second-order valence-electron chi connectivity index (χ2n) is 7.75. The van der Waals surface area contributed by atoms with Crippen LogP contribution in [0.5, 0.6) is 0 Å². The predicted molar refractivity (Wildman–Crippen MR) is 137 cm³/mol. The molecule has 0 aromatic heterocycles. The molecule has 4 rings (SSSR count). The number of anilines is 1. The number of nitrogens with zero attached hydrogens (tertiary/aromatic N) is 1. The molecule has 1 fully saturated rings. The van der Waals surface area contributed by atoms with Crippen molar-refractivity contribution in [3.63, 3.8) is 0 Å². The molecule has 0 radical (unpaired) electrons. The number of likely N-dealkylation sites (tertiary alicyclic amines) is 1. The highest BCUT2D eigenvalue weighted by atomic mass is 35.5. The highest BCUT2D eigenvalue weighted by Crippen LogP contribution is 2.28. The largest absolute Gasteiger partial charge is 0.324 e. The van der Waals surface area contributed by atoms with Gasteiger partial charge in [0, 0.05) is 22.7 Å². The van der Waals surface area contributed by atoms with E-state index in [1.54, 1.807) is 48.5 Å². The van der Waals surface area contributed by atoms with Crippen molar-refractivity contribution in [2.75, 3.05) is 11.9 Å². The normalized spacial score (nSPS) is 15.7. The number of amides is 1. The smallest absolute Gasteiger partial charge is 0.241 e. The standard InChI is InChI=1S/C25H21Cl3N2O2.ClH/c26-18-9-11-22(19(14-18)24(31)17-5-2-1-3-6-17)29-25(32)23-7-4-12-30(23)15-16-8-10-20(27)21(28)13-16;/h1-3,5-6,8-11,13-14,23H,4,7,12,15H2,(H,29,32);1H/t23-;/m0./s1. The van der Waals surface area contributed by atoms with Gasteiger partial charge in [-0.2, -0.15) is 0 Å². The van der Waals surface area contributed by atoms with Crippen LogP contribution in [-0.4, -0.2) is 29.2 Å². The van der Waals surface area contributed by atoms with Gasteiger partial charge < -0.3 is 5.32 Å². The fourth-order valence-electron chi connectivity index (χ4n) is 3.96. The summed E-state index contributed by atoms with van der Waals surface area (Å²) >= 11 is 18.3. The highest BCUT2D eigenvalue weighted by molar-refractivity contribution is 6.42. The summed E-state index contributed by atoms with van der Waals surface area (Å²) in [4.78, 5) is 28.3. The van der Waals surface area contributed by atoms with Gasteiger partial charge in [0.1, 0.15) is 0 Å². The summed E-state index contributed by atoms with van der Waals surface area (Å²) < 4.78 is 0.